The van der Waals surface area contributed by atoms with Gasteiger partial charge in [0.2, 0.25) is 0 Å². The largest absolute Gasteiger partial charge is 0.307 e. The van der Waals surface area contributed by atoms with Crippen LogP contribution in [0.25, 0.3) is 5.82 Å². The first-order chi connectivity index (χ1) is 9.19. The van der Waals surface area contributed by atoms with E-state index in [9.17, 15) is 10.1 Å². The first kappa shape index (κ1) is 11.3. The van der Waals surface area contributed by atoms with Crippen LogP contribution in [0.5, 0.6) is 0 Å². The lowest BCUT2D eigenvalue weighted by Gasteiger charge is -2.06. The van der Waals surface area contributed by atoms with Crippen LogP contribution in [0.1, 0.15) is 23.2 Å². The fraction of sp³-hybridized carbons (Fsp3) is 0.250. The van der Waals surface area contributed by atoms with Crippen LogP contribution in [0.2, 0.25) is 0 Å². The predicted molar refractivity (Wildman–Crippen MR) is 64.8 cm³/mol. The van der Waals surface area contributed by atoms with E-state index >= 15 is 0 Å². The Kier molecular flexibility index (Phi) is 2.49. The maximum atomic E-state index is 10.7. The number of nitrogens with zero attached hydrogens (tertiary/aromatic N) is 5. The molecule has 0 unspecified atom stereocenters. The van der Waals surface area contributed by atoms with E-state index in [1.165, 1.54) is 10.9 Å². The summed E-state index contributed by atoms with van der Waals surface area (Å²) in [6.07, 6.45) is 5.24. The van der Waals surface area contributed by atoms with Gasteiger partial charge in [0.15, 0.2) is 5.82 Å². The average Bonchev–Trinajstić information content (AvgIpc) is 3.05. The van der Waals surface area contributed by atoms with Crippen LogP contribution in [0.3, 0.4) is 0 Å². The van der Waals surface area contributed by atoms with Crippen molar-refractivity contribution in [3.8, 4) is 11.9 Å². The van der Waals surface area contributed by atoms with Crippen LogP contribution in [0, 0.1) is 21.4 Å². The number of rotatable bonds is 2. The average molecular weight is 255 g/mol. The van der Waals surface area contributed by atoms with E-state index in [4.69, 9.17) is 5.26 Å². The molecule has 19 heavy (non-hydrogen) atoms. The quantitative estimate of drug-likeness (QED) is 0.598. The highest BCUT2D eigenvalue weighted by Crippen LogP contribution is 2.24. The summed E-state index contributed by atoms with van der Waals surface area (Å²) in [7, 11) is 0. The molecule has 2 aromatic heterocycles. The highest BCUT2D eigenvalue weighted by atomic mass is 16.6. The van der Waals surface area contributed by atoms with Crippen molar-refractivity contribution in [2.75, 3.05) is 0 Å². The van der Waals surface area contributed by atoms with Crippen molar-refractivity contribution >= 4 is 5.69 Å². The third-order valence-electron chi connectivity index (χ3n) is 3.15. The lowest BCUT2D eigenvalue weighted by molar-refractivity contribution is -0.384. The summed E-state index contributed by atoms with van der Waals surface area (Å²) < 4.78 is 1.29. The summed E-state index contributed by atoms with van der Waals surface area (Å²) in [5.74, 6) is 0.358. The molecule has 0 atom stereocenters. The fourth-order valence-electron chi connectivity index (χ4n) is 2.24. The van der Waals surface area contributed by atoms with Gasteiger partial charge in [-0.1, -0.05) is 0 Å². The molecule has 1 aliphatic carbocycles. The zero-order valence-electron chi connectivity index (χ0n) is 9.91. The van der Waals surface area contributed by atoms with Crippen molar-refractivity contribution in [3.63, 3.8) is 0 Å². The van der Waals surface area contributed by atoms with Gasteiger partial charge in [0.25, 0.3) is 0 Å². The summed E-state index contributed by atoms with van der Waals surface area (Å²) in [6.45, 7) is 0. The van der Waals surface area contributed by atoms with Gasteiger partial charge in [-0.25, -0.2) is 9.67 Å². The summed E-state index contributed by atoms with van der Waals surface area (Å²) in [5, 5.41) is 23.7. The minimum Gasteiger partial charge on any atom is -0.258 e. The molecule has 0 radical (unpaired) electrons. The second-order valence-corrected chi connectivity index (χ2v) is 4.33. The van der Waals surface area contributed by atoms with Crippen LogP contribution >= 0.6 is 0 Å². The molecule has 2 aromatic rings. The van der Waals surface area contributed by atoms with Gasteiger partial charge in [0.05, 0.1) is 10.5 Å². The second kappa shape index (κ2) is 4.17. The molecule has 7 nitrogen and oxygen atoms in total. The van der Waals surface area contributed by atoms with Crippen molar-refractivity contribution in [1.29, 1.82) is 5.26 Å². The van der Waals surface area contributed by atoms with Gasteiger partial charge in [0, 0.05) is 5.69 Å². The number of pyridine rings is 1. The van der Waals surface area contributed by atoms with Gasteiger partial charge >= 0.3 is 5.69 Å². The Bertz CT molecular complexity index is 713. The number of hydrogen-bond donors (Lipinski definition) is 0. The van der Waals surface area contributed by atoms with Gasteiger partial charge in [-0.05, 0) is 30.9 Å². The predicted octanol–water partition coefficient (Wildman–Crippen LogP) is 1.54. The molecule has 0 fully saturated rings. The van der Waals surface area contributed by atoms with E-state index in [0.717, 1.165) is 36.7 Å². The zero-order chi connectivity index (χ0) is 13.4. The molecule has 3 rings (SSSR count). The molecule has 0 spiro atoms. The molecule has 0 saturated heterocycles. The smallest absolute Gasteiger partial charge is 0.258 e. The van der Waals surface area contributed by atoms with E-state index < -0.39 is 4.92 Å². The van der Waals surface area contributed by atoms with Crippen molar-refractivity contribution in [3.05, 3.63) is 45.4 Å². The molecule has 7 heteroatoms. The number of fused-ring (bicyclic) bond motifs is 1. The maximum absolute atomic E-state index is 10.7. The molecular weight excluding hydrogens is 246 g/mol. The number of nitriles is 1. The molecule has 0 N–H and O–H groups in total. The molecule has 0 amide bonds. The molecule has 94 valence electrons. The lowest BCUT2D eigenvalue weighted by Crippen LogP contribution is -2.04. The van der Waals surface area contributed by atoms with Gasteiger partial charge in [-0.15, -0.1) is 0 Å². The van der Waals surface area contributed by atoms with E-state index in [1.807, 2.05) is 0 Å². The Hall–Kier alpha value is -2.75. The van der Waals surface area contributed by atoms with Crippen molar-refractivity contribution in [1.82, 2.24) is 14.8 Å². The Labute approximate surface area is 108 Å². The SMILES string of the molecule is N#Cc1cc2c(nc1-n1cc([N+](=O)[O-])cn1)CCC2. The number of aryl methyl sites for hydroxylation is 2. The van der Waals surface area contributed by atoms with E-state index in [2.05, 4.69) is 16.2 Å². The first-order valence-electron chi connectivity index (χ1n) is 5.81. The second-order valence-electron chi connectivity index (χ2n) is 4.33. The Morgan fingerprint density at radius 1 is 1.47 bits per heavy atom. The van der Waals surface area contributed by atoms with Crippen molar-refractivity contribution < 1.29 is 4.92 Å². The standard InChI is InChI=1S/C12H9N5O2/c13-5-9-4-8-2-1-3-11(8)15-12(9)16-7-10(6-14-16)17(18)19/h4,6-7H,1-3H2. The molecule has 0 saturated carbocycles. The summed E-state index contributed by atoms with van der Waals surface area (Å²) >= 11 is 0. The van der Waals surface area contributed by atoms with Crippen LogP contribution in [-0.4, -0.2) is 19.7 Å². The number of hydrogen-bond acceptors (Lipinski definition) is 5. The van der Waals surface area contributed by atoms with Crippen LogP contribution < -0.4 is 0 Å². The minimum absolute atomic E-state index is 0.119. The Morgan fingerprint density at radius 2 is 2.32 bits per heavy atom. The fourth-order valence-corrected chi connectivity index (χ4v) is 2.24. The third kappa shape index (κ3) is 1.83. The third-order valence-corrected chi connectivity index (χ3v) is 3.15. The maximum Gasteiger partial charge on any atom is 0.307 e. The molecule has 1 aliphatic rings. The van der Waals surface area contributed by atoms with Crippen LogP contribution in [0.15, 0.2) is 18.5 Å². The first-order valence-corrected chi connectivity index (χ1v) is 5.81. The van der Waals surface area contributed by atoms with Crippen molar-refractivity contribution in [2.24, 2.45) is 0 Å². The topological polar surface area (TPSA) is 97.6 Å². The summed E-state index contributed by atoms with van der Waals surface area (Å²) in [6, 6.07) is 3.87. The van der Waals surface area contributed by atoms with E-state index in [-0.39, 0.29) is 5.69 Å². The monoisotopic (exact) mass is 255 g/mol. The normalized spacial score (nSPS) is 13.0. The lowest BCUT2D eigenvalue weighted by atomic mass is 10.1. The van der Waals surface area contributed by atoms with Crippen LogP contribution in [-0.2, 0) is 12.8 Å². The van der Waals surface area contributed by atoms with Crippen molar-refractivity contribution in [2.45, 2.75) is 19.3 Å². The van der Waals surface area contributed by atoms with Crippen LogP contribution in [0.4, 0.5) is 5.69 Å². The number of nitro groups is 1. The molecular formula is C12H9N5O2. The van der Waals surface area contributed by atoms with Gasteiger partial charge in [0.1, 0.15) is 18.5 Å². The minimum atomic E-state index is -0.525. The number of aromatic nitrogens is 3. The Morgan fingerprint density at radius 3 is 3.00 bits per heavy atom. The highest BCUT2D eigenvalue weighted by molar-refractivity contribution is 5.48. The van der Waals surface area contributed by atoms with E-state index in [0.29, 0.717) is 11.4 Å². The summed E-state index contributed by atoms with van der Waals surface area (Å²) in [4.78, 5) is 14.6. The van der Waals surface area contributed by atoms with Gasteiger partial charge in [-0.2, -0.15) is 10.4 Å². The zero-order valence-corrected chi connectivity index (χ0v) is 9.91. The van der Waals surface area contributed by atoms with Gasteiger partial charge < -0.3 is 0 Å². The van der Waals surface area contributed by atoms with E-state index in [1.54, 1.807) is 6.07 Å². The Balaban J connectivity index is 2.13. The summed E-state index contributed by atoms with van der Waals surface area (Å²) in [5.41, 5.74) is 2.30. The highest BCUT2D eigenvalue weighted by Gasteiger charge is 2.19. The molecule has 2 heterocycles. The van der Waals surface area contributed by atoms with Gasteiger partial charge in [-0.3, -0.25) is 10.1 Å². The molecule has 0 aromatic carbocycles. The molecule has 0 bridgehead atoms. The molecule has 0 aliphatic heterocycles.